The minimum atomic E-state index is -0.820. The van der Waals surface area contributed by atoms with Crippen LogP contribution in [0.15, 0.2) is 11.5 Å². The highest BCUT2D eigenvalue weighted by atomic mass is 16.7. The van der Waals surface area contributed by atoms with E-state index in [1.165, 1.54) is 10.4 Å². The van der Waals surface area contributed by atoms with E-state index in [1.54, 1.807) is 0 Å². The van der Waals surface area contributed by atoms with Crippen LogP contribution in [0, 0.1) is 5.41 Å². The lowest BCUT2D eigenvalue weighted by Crippen LogP contribution is -2.57. The molecule has 20 heavy (non-hydrogen) atoms. The highest BCUT2D eigenvalue weighted by Crippen LogP contribution is 2.48. The standard InChI is InChI=1S/C14H22BNO4/c1-12(2)13(3,4)20-15(19-12)10-5-6-14(7-10)8-16(9-14)11(17)18/h5H,6-9H2,1-4H3,(H,17,18). The Kier molecular flexibility index (Phi) is 2.80. The van der Waals surface area contributed by atoms with Crippen molar-refractivity contribution < 1.29 is 19.2 Å². The molecule has 0 atom stereocenters. The van der Waals surface area contributed by atoms with Gasteiger partial charge in [0.2, 0.25) is 0 Å². The van der Waals surface area contributed by atoms with Gasteiger partial charge in [-0.2, -0.15) is 0 Å². The molecule has 0 saturated carbocycles. The first kappa shape index (κ1) is 14.0. The topological polar surface area (TPSA) is 59.0 Å². The molecule has 2 aliphatic heterocycles. The van der Waals surface area contributed by atoms with E-state index in [0.29, 0.717) is 13.1 Å². The summed E-state index contributed by atoms with van der Waals surface area (Å²) in [6, 6.07) is 0. The molecule has 0 aromatic carbocycles. The summed E-state index contributed by atoms with van der Waals surface area (Å²) in [4.78, 5) is 12.4. The average molecular weight is 279 g/mol. The van der Waals surface area contributed by atoms with E-state index < -0.39 is 6.09 Å². The highest BCUT2D eigenvalue weighted by molar-refractivity contribution is 6.54. The second-order valence-electron chi connectivity index (χ2n) is 7.39. The largest absolute Gasteiger partial charge is 0.490 e. The van der Waals surface area contributed by atoms with Crippen LogP contribution in [-0.4, -0.2) is 47.5 Å². The number of carbonyl (C=O) groups is 1. The maximum absolute atomic E-state index is 10.9. The predicted octanol–water partition coefficient (Wildman–Crippen LogP) is 2.32. The van der Waals surface area contributed by atoms with Crippen LogP contribution in [0.2, 0.25) is 0 Å². The fraction of sp³-hybridized carbons (Fsp3) is 0.786. The molecule has 1 aliphatic carbocycles. The van der Waals surface area contributed by atoms with Gasteiger partial charge in [0.15, 0.2) is 0 Å². The number of amides is 1. The molecule has 0 unspecified atom stereocenters. The van der Waals surface area contributed by atoms with Gasteiger partial charge in [-0.3, -0.25) is 0 Å². The monoisotopic (exact) mass is 279 g/mol. The van der Waals surface area contributed by atoms with Crippen LogP contribution >= 0.6 is 0 Å². The maximum atomic E-state index is 10.9. The molecule has 2 fully saturated rings. The van der Waals surface area contributed by atoms with Crippen molar-refractivity contribution in [2.24, 2.45) is 5.41 Å². The Hall–Kier alpha value is -1.01. The van der Waals surface area contributed by atoms with Gasteiger partial charge in [0.05, 0.1) is 11.2 Å². The fourth-order valence-corrected chi connectivity index (χ4v) is 3.24. The number of nitrogens with zero attached hydrogens (tertiary/aromatic N) is 1. The lowest BCUT2D eigenvalue weighted by Gasteiger charge is -2.47. The number of hydrogen-bond donors (Lipinski definition) is 1. The molecule has 1 amide bonds. The van der Waals surface area contributed by atoms with Crippen molar-refractivity contribution in [3.8, 4) is 0 Å². The van der Waals surface area contributed by atoms with Crippen molar-refractivity contribution in [3.05, 3.63) is 11.5 Å². The summed E-state index contributed by atoms with van der Waals surface area (Å²) in [7, 11) is -0.279. The Balaban J connectivity index is 1.64. The van der Waals surface area contributed by atoms with Gasteiger partial charge in [-0.1, -0.05) is 6.08 Å². The summed E-state index contributed by atoms with van der Waals surface area (Å²) >= 11 is 0. The van der Waals surface area contributed by atoms with Crippen LogP contribution in [0.5, 0.6) is 0 Å². The second-order valence-corrected chi connectivity index (χ2v) is 7.39. The van der Waals surface area contributed by atoms with Gasteiger partial charge >= 0.3 is 13.2 Å². The molecule has 2 saturated heterocycles. The van der Waals surface area contributed by atoms with Crippen molar-refractivity contribution >= 4 is 13.2 Å². The van der Waals surface area contributed by atoms with Gasteiger partial charge in [0, 0.05) is 18.5 Å². The van der Waals surface area contributed by atoms with E-state index >= 15 is 0 Å². The lowest BCUT2D eigenvalue weighted by atomic mass is 9.70. The molecule has 2 heterocycles. The zero-order valence-electron chi connectivity index (χ0n) is 12.6. The van der Waals surface area contributed by atoms with Gasteiger partial charge in [0.25, 0.3) is 0 Å². The molecule has 110 valence electrons. The predicted molar refractivity (Wildman–Crippen MR) is 75.4 cm³/mol. The zero-order valence-corrected chi connectivity index (χ0v) is 12.6. The number of allylic oxidation sites excluding steroid dienone is 2. The number of likely N-dealkylation sites (tertiary alicyclic amines) is 1. The Bertz CT molecular complexity index is 464. The maximum Gasteiger partial charge on any atom is 0.490 e. The van der Waals surface area contributed by atoms with Crippen LogP contribution in [-0.2, 0) is 9.31 Å². The molecule has 3 aliphatic rings. The summed E-state index contributed by atoms with van der Waals surface area (Å²) in [5.41, 5.74) is 0.632. The summed E-state index contributed by atoms with van der Waals surface area (Å²) in [5.74, 6) is 0. The Morgan fingerprint density at radius 2 is 1.80 bits per heavy atom. The quantitative estimate of drug-likeness (QED) is 0.748. The van der Waals surface area contributed by atoms with Gasteiger partial charge < -0.3 is 19.3 Å². The molecule has 6 heteroatoms. The fourth-order valence-electron chi connectivity index (χ4n) is 3.24. The smallest absolute Gasteiger partial charge is 0.465 e. The van der Waals surface area contributed by atoms with Gasteiger partial charge in [-0.05, 0) is 46.0 Å². The van der Waals surface area contributed by atoms with Crippen molar-refractivity contribution in [1.82, 2.24) is 4.90 Å². The Morgan fingerprint density at radius 3 is 2.30 bits per heavy atom. The number of carboxylic acid groups (broad SMARTS) is 1. The first-order valence-corrected chi connectivity index (χ1v) is 7.17. The van der Waals surface area contributed by atoms with Gasteiger partial charge in [0.1, 0.15) is 0 Å². The van der Waals surface area contributed by atoms with Crippen LogP contribution < -0.4 is 0 Å². The SMILES string of the molecule is CC1(C)OB(C2=CCC3(C2)CN(C(=O)O)C3)OC1(C)C. The number of hydrogen-bond acceptors (Lipinski definition) is 3. The molecular formula is C14H22BNO4. The van der Waals surface area contributed by atoms with E-state index in [0.717, 1.165) is 12.8 Å². The summed E-state index contributed by atoms with van der Waals surface area (Å²) in [6.07, 6.45) is 3.17. The Labute approximate surface area is 120 Å². The van der Waals surface area contributed by atoms with Gasteiger partial charge in [-0.25, -0.2) is 4.79 Å². The molecule has 1 N–H and O–H groups in total. The normalized spacial score (nSPS) is 29.5. The van der Waals surface area contributed by atoms with Crippen molar-refractivity contribution in [2.75, 3.05) is 13.1 Å². The molecular weight excluding hydrogens is 257 g/mol. The molecule has 0 bridgehead atoms. The van der Waals surface area contributed by atoms with E-state index in [9.17, 15) is 4.79 Å². The highest BCUT2D eigenvalue weighted by Gasteiger charge is 2.56. The third-order valence-electron chi connectivity index (χ3n) is 5.26. The Morgan fingerprint density at radius 1 is 1.25 bits per heavy atom. The van der Waals surface area contributed by atoms with Crippen LogP contribution in [0.3, 0.4) is 0 Å². The van der Waals surface area contributed by atoms with Crippen LogP contribution in [0.25, 0.3) is 0 Å². The second kappa shape index (κ2) is 4.01. The zero-order chi connectivity index (χ0) is 14.8. The van der Waals surface area contributed by atoms with Gasteiger partial charge in [-0.15, -0.1) is 0 Å². The summed E-state index contributed by atoms with van der Waals surface area (Å²) in [6.45, 7) is 9.45. The molecule has 3 rings (SSSR count). The van der Waals surface area contributed by atoms with E-state index in [1.807, 2.05) is 27.7 Å². The molecule has 5 nitrogen and oxygen atoms in total. The minimum Gasteiger partial charge on any atom is -0.465 e. The van der Waals surface area contributed by atoms with E-state index in [-0.39, 0.29) is 23.7 Å². The van der Waals surface area contributed by atoms with E-state index in [4.69, 9.17) is 14.4 Å². The first-order valence-electron chi connectivity index (χ1n) is 7.17. The molecule has 1 spiro atoms. The third kappa shape index (κ3) is 1.97. The summed E-state index contributed by atoms with van der Waals surface area (Å²) in [5, 5.41) is 8.95. The summed E-state index contributed by atoms with van der Waals surface area (Å²) < 4.78 is 12.1. The molecule has 0 radical (unpaired) electrons. The van der Waals surface area contributed by atoms with E-state index in [2.05, 4.69) is 6.08 Å². The lowest BCUT2D eigenvalue weighted by molar-refractivity contribution is 0.00578. The molecule has 0 aromatic rings. The van der Waals surface area contributed by atoms with Crippen molar-refractivity contribution in [2.45, 2.75) is 51.7 Å². The van der Waals surface area contributed by atoms with Crippen LogP contribution in [0.4, 0.5) is 4.79 Å². The van der Waals surface area contributed by atoms with Crippen LogP contribution in [0.1, 0.15) is 40.5 Å². The average Bonchev–Trinajstić information content (AvgIpc) is 2.76. The van der Waals surface area contributed by atoms with Crippen molar-refractivity contribution in [3.63, 3.8) is 0 Å². The third-order valence-corrected chi connectivity index (χ3v) is 5.26. The minimum absolute atomic E-state index is 0.0946. The van der Waals surface area contributed by atoms with Crippen molar-refractivity contribution in [1.29, 1.82) is 0 Å². The molecule has 0 aromatic heterocycles. The number of rotatable bonds is 1. The first-order chi connectivity index (χ1) is 9.14.